The number of aromatic nitrogens is 4. The van der Waals surface area contributed by atoms with Crippen molar-refractivity contribution in [2.75, 3.05) is 41.7 Å². The molecule has 13 heteroatoms. The Morgan fingerprint density at radius 1 is 1.13 bits per heavy atom. The molecule has 2 fully saturated rings. The second kappa shape index (κ2) is 12.6. The van der Waals surface area contributed by atoms with E-state index in [2.05, 4.69) is 45.6 Å². The number of alkyl halides is 2. The molecule has 1 atom stereocenters. The maximum Gasteiger partial charge on any atom is 0.387 e. The highest BCUT2D eigenvalue weighted by atomic mass is 32.1. The molecule has 2 saturated heterocycles. The number of rotatable bonds is 10. The Balaban J connectivity index is 1.03. The minimum Gasteiger partial charge on any atom is -0.435 e. The van der Waals surface area contributed by atoms with Gasteiger partial charge < -0.3 is 20.3 Å². The Kier molecular flexibility index (Phi) is 8.77. The van der Waals surface area contributed by atoms with Gasteiger partial charge in [-0.05, 0) is 80.6 Å². The maximum absolute atomic E-state index is 12.7. The summed E-state index contributed by atoms with van der Waals surface area (Å²) in [4.78, 5) is 17.1. The number of amides is 1. The van der Waals surface area contributed by atoms with Crippen LogP contribution in [-0.2, 0) is 11.3 Å². The van der Waals surface area contributed by atoms with Gasteiger partial charge in [-0.15, -0.1) is 15.3 Å². The number of hydrogen-bond donors (Lipinski definition) is 2. The first kappa shape index (κ1) is 27.1. The fourth-order valence-corrected chi connectivity index (χ4v) is 5.92. The topological polar surface area (TPSA) is 108 Å². The van der Waals surface area contributed by atoms with Crippen molar-refractivity contribution in [3.63, 3.8) is 0 Å². The average Bonchev–Trinajstić information content (AvgIpc) is 3.55. The van der Waals surface area contributed by atoms with E-state index >= 15 is 0 Å². The summed E-state index contributed by atoms with van der Waals surface area (Å²) in [5.74, 6) is 1.28. The van der Waals surface area contributed by atoms with Crippen LogP contribution in [0.2, 0.25) is 0 Å². The van der Waals surface area contributed by atoms with Crippen molar-refractivity contribution in [1.82, 2.24) is 25.3 Å². The van der Waals surface area contributed by atoms with E-state index in [0.29, 0.717) is 23.2 Å². The van der Waals surface area contributed by atoms with E-state index in [4.69, 9.17) is 0 Å². The van der Waals surface area contributed by atoms with E-state index in [1.54, 1.807) is 18.3 Å². The Labute approximate surface area is 229 Å². The van der Waals surface area contributed by atoms with E-state index < -0.39 is 6.61 Å². The first-order valence-electron chi connectivity index (χ1n) is 13.1. The van der Waals surface area contributed by atoms with Crippen LogP contribution in [0.25, 0.3) is 0 Å². The van der Waals surface area contributed by atoms with Gasteiger partial charge in [0.2, 0.25) is 16.2 Å². The van der Waals surface area contributed by atoms with Gasteiger partial charge in [-0.3, -0.25) is 9.69 Å². The third-order valence-corrected chi connectivity index (χ3v) is 7.76. The van der Waals surface area contributed by atoms with Crippen LogP contribution in [0, 0.1) is 12.8 Å². The van der Waals surface area contributed by atoms with Crippen molar-refractivity contribution < 1.29 is 18.3 Å². The number of nitrogens with zero attached hydrogens (tertiary/aromatic N) is 6. The number of benzene rings is 1. The minimum atomic E-state index is -2.83. The van der Waals surface area contributed by atoms with Crippen molar-refractivity contribution in [3.05, 3.63) is 47.7 Å². The standard InChI is InChI=1S/C26H32F2N8O2S/c1-17-11-19(13-21(12-17)38-24(27)28)15-35-8-4-18(5-9-35)14-23(37)31-26-34-33-25(39-26)30-20-6-10-36(16-20)22-3-2-7-29-32-22/h2-3,7,11-13,18,20,24H,4-6,8-10,14-16H2,1H3,(H,30,33)(H,31,34,37)/t20-/m1/s1. The first-order valence-corrected chi connectivity index (χ1v) is 13.9. The van der Waals surface area contributed by atoms with Gasteiger partial charge in [-0.25, -0.2) is 0 Å². The Bertz CT molecular complexity index is 1240. The molecule has 39 heavy (non-hydrogen) atoms. The zero-order valence-corrected chi connectivity index (χ0v) is 22.5. The highest BCUT2D eigenvalue weighted by molar-refractivity contribution is 7.19. The van der Waals surface area contributed by atoms with E-state index in [1.165, 1.54) is 11.3 Å². The molecular formula is C26H32F2N8O2S. The molecule has 0 aliphatic carbocycles. The lowest BCUT2D eigenvalue weighted by atomic mass is 9.93. The molecule has 3 aromatic rings. The normalized spacial score (nSPS) is 18.5. The molecule has 2 aliphatic heterocycles. The first-order chi connectivity index (χ1) is 18.9. The van der Waals surface area contributed by atoms with Gasteiger partial charge in [0.05, 0.1) is 0 Å². The molecule has 0 radical (unpaired) electrons. The van der Waals surface area contributed by atoms with Gasteiger partial charge in [0.1, 0.15) is 5.75 Å². The molecule has 4 heterocycles. The van der Waals surface area contributed by atoms with Gasteiger partial charge in [-0.2, -0.15) is 13.9 Å². The molecule has 10 nitrogen and oxygen atoms in total. The Hall–Kier alpha value is -3.45. The number of halogens is 2. The van der Waals surface area contributed by atoms with Gasteiger partial charge in [-0.1, -0.05) is 17.4 Å². The molecule has 5 rings (SSSR count). The van der Waals surface area contributed by atoms with Crippen LogP contribution in [0.15, 0.2) is 36.5 Å². The van der Waals surface area contributed by atoms with Crippen molar-refractivity contribution in [3.8, 4) is 5.75 Å². The van der Waals surface area contributed by atoms with Crippen LogP contribution in [0.4, 0.5) is 24.9 Å². The van der Waals surface area contributed by atoms with E-state index in [1.807, 2.05) is 25.1 Å². The quantitative estimate of drug-likeness (QED) is 0.379. The van der Waals surface area contributed by atoms with Crippen LogP contribution >= 0.6 is 11.3 Å². The van der Waals surface area contributed by atoms with Crippen LogP contribution in [0.3, 0.4) is 0 Å². The predicted molar refractivity (Wildman–Crippen MR) is 145 cm³/mol. The Morgan fingerprint density at radius 2 is 1.95 bits per heavy atom. The smallest absolute Gasteiger partial charge is 0.387 e. The molecule has 2 N–H and O–H groups in total. The lowest BCUT2D eigenvalue weighted by Gasteiger charge is -2.31. The molecule has 1 amide bonds. The van der Waals surface area contributed by atoms with Gasteiger partial charge in [0, 0.05) is 38.3 Å². The van der Waals surface area contributed by atoms with E-state index in [-0.39, 0.29) is 23.6 Å². The molecule has 0 saturated carbocycles. The molecule has 0 unspecified atom stereocenters. The van der Waals surface area contributed by atoms with Crippen LogP contribution < -0.4 is 20.3 Å². The predicted octanol–water partition coefficient (Wildman–Crippen LogP) is 4.17. The summed E-state index contributed by atoms with van der Waals surface area (Å²) in [5, 5.41) is 23.9. The molecule has 208 valence electrons. The molecule has 0 spiro atoms. The lowest BCUT2D eigenvalue weighted by molar-refractivity contribution is -0.117. The second-order valence-corrected chi connectivity index (χ2v) is 11.1. The zero-order valence-electron chi connectivity index (χ0n) is 21.7. The number of piperidine rings is 1. The highest BCUT2D eigenvalue weighted by Gasteiger charge is 2.25. The molecular weight excluding hydrogens is 526 g/mol. The molecule has 2 aromatic heterocycles. The van der Waals surface area contributed by atoms with Gasteiger partial charge in [0.25, 0.3) is 0 Å². The number of likely N-dealkylation sites (tertiary alicyclic amines) is 1. The fraction of sp³-hybridized carbons (Fsp3) is 0.500. The summed E-state index contributed by atoms with van der Waals surface area (Å²) >= 11 is 1.34. The third kappa shape index (κ3) is 7.79. The van der Waals surface area contributed by atoms with Gasteiger partial charge >= 0.3 is 6.61 Å². The second-order valence-electron chi connectivity index (χ2n) is 10.1. The summed E-state index contributed by atoms with van der Waals surface area (Å²) < 4.78 is 29.8. The largest absolute Gasteiger partial charge is 0.435 e. The SMILES string of the molecule is Cc1cc(CN2CCC(CC(=O)Nc3nnc(N[C@@H]4CCN(c5cccnn5)C4)s3)CC2)cc(OC(F)F)c1. The van der Waals surface area contributed by atoms with E-state index in [0.717, 1.165) is 62.4 Å². The number of aryl methyl sites for hydroxylation is 1. The summed E-state index contributed by atoms with van der Waals surface area (Å²) in [5.41, 5.74) is 1.83. The number of anilines is 3. The number of nitrogens with one attached hydrogen (secondary N) is 2. The maximum atomic E-state index is 12.7. The van der Waals surface area contributed by atoms with Crippen LogP contribution in [0.5, 0.6) is 5.75 Å². The summed E-state index contributed by atoms with van der Waals surface area (Å²) in [6.45, 7) is 3.07. The summed E-state index contributed by atoms with van der Waals surface area (Å²) in [7, 11) is 0. The highest BCUT2D eigenvalue weighted by Crippen LogP contribution is 2.27. The average molecular weight is 559 g/mol. The monoisotopic (exact) mass is 558 g/mol. The lowest BCUT2D eigenvalue weighted by Crippen LogP contribution is -2.34. The number of carbonyl (C=O) groups excluding carboxylic acids is 1. The van der Waals surface area contributed by atoms with Crippen LogP contribution in [0.1, 0.15) is 36.8 Å². The van der Waals surface area contributed by atoms with Crippen molar-refractivity contribution in [2.24, 2.45) is 5.92 Å². The van der Waals surface area contributed by atoms with Crippen molar-refractivity contribution in [2.45, 2.75) is 51.8 Å². The fourth-order valence-electron chi connectivity index (χ4n) is 5.18. The molecule has 0 bridgehead atoms. The van der Waals surface area contributed by atoms with Crippen molar-refractivity contribution >= 4 is 33.3 Å². The minimum absolute atomic E-state index is 0.0571. The summed E-state index contributed by atoms with van der Waals surface area (Å²) in [6, 6.07) is 9.32. The number of carbonyl (C=O) groups is 1. The molecule has 2 aliphatic rings. The Morgan fingerprint density at radius 3 is 2.72 bits per heavy atom. The van der Waals surface area contributed by atoms with Crippen molar-refractivity contribution in [1.29, 1.82) is 0 Å². The number of ether oxygens (including phenoxy) is 1. The van der Waals surface area contributed by atoms with E-state index in [9.17, 15) is 13.6 Å². The third-order valence-electron chi connectivity index (χ3n) is 6.99. The van der Waals surface area contributed by atoms with Crippen LogP contribution in [-0.4, -0.2) is 70.0 Å². The summed E-state index contributed by atoms with van der Waals surface area (Å²) in [6.07, 6.45) is 4.84. The molecule has 1 aromatic carbocycles. The zero-order chi connectivity index (χ0) is 27.2. The van der Waals surface area contributed by atoms with Gasteiger partial charge in [0.15, 0.2) is 5.82 Å². The number of hydrogen-bond acceptors (Lipinski definition) is 10.